The minimum atomic E-state index is -0.00163. The van der Waals surface area contributed by atoms with Crippen LogP contribution < -0.4 is 10.1 Å². The number of carbonyl (C=O) groups is 2. The van der Waals surface area contributed by atoms with Gasteiger partial charge in [-0.25, -0.2) is 0 Å². The number of nitrogens with one attached hydrogen (secondary N) is 1. The molecule has 1 saturated heterocycles. The fraction of sp³-hybridized carbons (Fsp3) is 0.364. The van der Waals surface area contributed by atoms with Crippen LogP contribution in [-0.4, -0.2) is 61.4 Å². The Kier molecular flexibility index (Phi) is 6.66. The van der Waals surface area contributed by atoms with Crippen molar-refractivity contribution in [2.24, 2.45) is 0 Å². The van der Waals surface area contributed by atoms with Crippen molar-refractivity contribution in [2.45, 2.75) is 13.5 Å². The first-order valence-electron chi connectivity index (χ1n) is 9.56. The van der Waals surface area contributed by atoms with Crippen LogP contribution >= 0.6 is 0 Å². The molecule has 1 aliphatic heterocycles. The molecule has 28 heavy (non-hydrogen) atoms. The van der Waals surface area contributed by atoms with Crippen molar-refractivity contribution in [2.75, 3.05) is 39.8 Å². The van der Waals surface area contributed by atoms with Crippen molar-refractivity contribution in [3.05, 3.63) is 65.2 Å². The third kappa shape index (κ3) is 5.33. The van der Waals surface area contributed by atoms with Gasteiger partial charge in [-0.1, -0.05) is 35.9 Å². The van der Waals surface area contributed by atoms with E-state index in [9.17, 15) is 9.59 Å². The summed E-state index contributed by atoms with van der Waals surface area (Å²) in [6.45, 7) is 5.52. The normalized spacial score (nSPS) is 14.6. The second-order valence-electron chi connectivity index (χ2n) is 7.05. The van der Waals surface area contributed by atoms with Gasteiger partial charge < -0.3 is 15.0 Å². The molecule has 0 spiro atoms. The van der Waals surface area contributed by atoms with Crippen LogP contribution in [0.5, 0.6) is 5.75 Å². The SMILES string of the molecule is CNC(=O)CN1CCN(C(=O)c2cccc(OCc3cccc(C)c3)c2)CC1. The highest BCUT2D eigenvalue weighted by Gasteiger charge is 2.23. The topological polar surface area (TPSA) is 61.9 Å². The van der Waals surface area contributed by atoms with Crippen LogP contribution in [0.3, 0.4) is 0 Å². The van der Waals surface area contributed by atoms with Crippen LogP contribution in [-0.2, 0) is 11.4 Å². The summed E-state index contributed by atoms with van der Waals surface area (Å²) in [7, 11) is 1.64. The maximum absolute atomic E-state index is 12.8. The molecule has 1 aliphatic rings. The first-order chi connectivity index (χ1) is 13.5. The van der Waals surface area contributed by atoms with Gasteiger partial charge in [-0.15, -0.1) is 0 Å². The number of ether oxygens (including phenoxy) is 1. The van der Waals surface area contributed by atoms with Gasteiger partial charge in [0.25, 0.3) is 5.91 Å². The third-order valence-electron chi connectivity index (χ3n) is 4.87. The van der Waals surface area contributed by atoms with Crippen LogP contribution in [0.1, 0.15) is 21.5 Å². The maximum atomic E-state index is 12.8. The van der Waals surface area contributed by atoms with Crippen LogP contribution in [0.4, 0.5) is 0 Å². The van der Waals surface area contributed by atoms with E-state index in [0.29, 0.717) is 50.6 Å². The molecule has 0 atom stereocenters. The smallest absolute Gasteiger partial charge is 0.254 e. The first-order valence-corrected chi connectivity index (χ1v) is 9.56. The molecule has 3 rings (SSSR count). The number of rotatable bonds is 6. The predicted octanol–water partition coefficient (Wildman–Crippen LogP) is 2.08. The second kappa shape index (κ2) is 9.37. The fourth-order valence-electron chi connectivity index (χ4n) is 3.26. The molecule has 2 aromatic rings. The van der Waals surface area contributed by atoms with Crippen LogP contribution in [0.2, 0.25) is 0 Å². The van der Waals surface area contributed by atoms with E-state index in [4.69, 9.17) is 4.74 Å². The largest absolute Gasteiger partial charge is 0.489 e. The summed E-state index contributed by atoms with van der Waals surface area (Å²) >= 11 is 0. The molecule has 0 unspecified atom stereocenters. The molecule has 0 saturated carbocycles. The molecular formula is C22H27N3O3. The zero-order valence-electron chi connectivity index (χ0n) is 16.5. The highest BCUT2D eigenvalue weighted by atomic mass is 16.5. The van der Waals surface area contributed by atoms with Crippen LogP contribution in [0.25, 0.3) is 0 Å². The van der Waals surface area contributed by atoms with E-state index in [1.165, 1.54) is 5.56 Å². The zero-order valence-corrected chi connectivity index (χ0v) is 16.5. The lowest BCUT2D eigenvalue weighted by Gasteiger charge is -2.34. The van der Waals surface area contributed by atoms with Gasteiger partial charge in [0.2, 0.25) is 5.91 Å². The van der Waals surface area contributed by atoms with E-state index in [0.717, 1.165) is 5.56 Å². The van der Waals surface area contributed by atoms with Crippen molar-refractivity contribution >= 4 is 11.8 Å². The molecule has 1 fully saturated rings. The quantitative estimate of drug-likeness (QED) is 0.832. The Labute approximate surface area is 166 Å². The predicted molar refractivity (Wildman–Crippen MR) is 108 cm³/mol. The molecule has 6 nitrogen and oxygen atoms in total. The lowest BCUT2D eigenvalue weighted by Crippen LogP contribution is -2.50. The zero-order chi connectivity index (χ0) is 19.9. The van der Waals surface area contributed by atoms with Gasteiger partial charge in [0, 0.05) is 38.8 Å². The Bertz CT molecular complexity index is 829. The van der Waals surface area contributed by atoms with E-state index in [-0.39, 0.29) is 11.8 Å². The van der Waals surface area contributed by atoms with Gasteiger partial charge in [-0.3, -0.25) is 14.5 Å². The average molecular weight is 381 g/mol. The Morgan fingerprint density at radius 3 is 2.50 bits per heavy atom. The standard InChI is InChI=1S/C22H27N3O3/c1-17-5-3-6-18(13-17)16-28-20-8-4-7-19(14-20)22(27)25-11-9-24(10-12-25)15-21(26)23-2/h3-8,13-14H,9-12,15-16H2,1-2H3,(H,23,26). The molecule has 2 aromatic carbocycles. The minimum absolute atomic E-state index is 0.000554. The number of hydrogen-bond donors (Lipinski definition) is 1. The number of aryl methyl sites for hydroxylation is 1. The highest BCUT2D eigenvalue weighted by Crippen LogP contribution is 2.18. The van der Waals surface area contributed by atoms with Crippen LogP contribution in [0, 0.1) is 6.92 Å². The molecule has 2 amide bonds. The van der Waals surface area contributed by atoms with Gasteiger partial charge in [-0.05, 0) is 30.7 Å². The van der Waals surface area contributed by atoms with Gasteiger partial charge in [0.1, 0.15) is 12.4 Å². The molecule has 1 N–H and O–H groups in total. The van der Waals surface area contributed by atoms with Gasteiger partial charge in [0.15, 0.2) is 0 Å². The van der Waals surface area contributed by atoms with E-state index in [1.807, 2.05) is 35.2 Å². The number of hydrogen-bond acceptors (Lipinski definition) is 4. The minimum Gasteiger partial charge on any atom is -0.489 e. The van der Waals surface area contributed by atoms with Crippen molar-refractivity contribution < 1.29 is 14.3 Å². The number of amides is 2. The molecular weight excluding hydrogens is 354 g/mol. The van der Waals surface area contributed by atoms with E-state index in [1.54, 1.807) is 13.1 Å². The summed E-state index contributed by atoms with van der Waals surface area (Å²) in [5, 5.41) is 2.63. The fourth-order valence-corrected chi connectivity index (χ4v) is 3.26. The van der Waals surface area contributed by atoms with Crippen molar-refractivity contribution in [3.63, 3.8) is 0 Å². The van der Waals surface area contributed by atoms with Crippen LogP contribution in [0.15, 0.2) is 48.5 Å². The Morgan fingerprint density at radius 2 is 1.79 bits per heavy atom. The van der Waals surface area contributed by atoms with E-state index >= 15 is 0 Å². The lowest BCUT2D eigenvalue weighted by molar-refractivity contribution is -0.122. The lowest BCUT2D eigenvalue weighted by atomic mass is 10.1. The summed E-state index contributed by atoms with van der Waals surface area (Å²) in [5.74, 6) is 0.685. The summed E-state index contributed by atoms with van der Waals surface area (Å²) in [6, 6.07) is 15.5. The molecule has 6 heteroatoms. The van der Waals surface area contributed by atoms with E-state index < -0.39 is 0 Å². The monoisotopic (exact) mass is 381 g/mol. The number of carbonyl (C=O) groups excluding carboxylic acids is 2. The van der Waals surface area contributed by atoms with Gasteiger partial charge >= 0.3 is 0 Å². The molecule has 0 bridgehead atoms. The van der Waals surface area contributed by atoms with E-state index in [2.05, 4.69) is 29.3 Å². The summed E-state index contributed by atoms with van der Waals surface area (Å²) in [6.07, 6.45) is 0. The van der Waals surface area contributed by atoms with Gasteiger partial charge in [0.05, 0.1) is 6.54 Å². The van der Waals surface area contributed by atoms with Crippen molar-refractivity contribution in [1.82, 2.24) is 15.1 Å². The molecule has 1 heterocycles. The van der Waals surface area contributed by atoms with Crippen molar-refractivity contribution in [3.8, 4) is 5.75 Å². The molecule has 0 aliphatic carbocycles. The molecule has 0 aromatic heterocycles. The summed E-state index contributed by atoms with van der Waals surface area (Å²) in [5.41, 5.74) is 2.92. The average Bonchev–Trinajstić information content (AvgIpc) is 2.72. The molecule has 0 radical (unpaired) electrons. The number of nitrogens with zero attached hydrogens (tertiary/aromatic N) is 2. The number of benzene rings is 2. The second-order valence-corrected chi connectivity index (χ2v) is 7.05. The number of piperazine rings is 1. The summed E-state index contributed by atoms with van der Waals surface area (Å²) in [4.78, 5) is 28.2. The summed E-state index contributed by atoms with van der Waals surface area (Å²) < 4.78 is 5.87. The number of likely N-dealkylation sites (N-methyl/N-ethyl adjacent to an activating group) is 1. The van der Waals surface area contributed by atoms with Gasteiger partial charge in [-0.2, -0.15) is 0 Å². The van der Waals surface area contributed by atoms with Crippen molar-refractivity contribution in [1.29, 1.82) is 0 Å². The molecule has 148 valence electrons. The maximum Gasteiger partial charge on any atom is 0.254 e. The highest BCUT2D eigenvalue weighted by molar-refractivity contribution is 5.94. The third-order valence-corrected chi connectivity index (χ3v) is 4.87. The Balaban J connectivity index is 1.56. The Hall–Kier alpha value is -2.86. The first kappa shape index (κ1) is 19.9. The Morgan fingerprint density at radius 1 is 1.04 bits per heavy atom.